The van der Waals surface area contributed by atoms with Crippen molar-refractivity contribution in [3.63, 3.8) is 0 Å². The highest BCUT2D eigenvalue weighted by molar-refractivity contribution is 5.79. The summed E-state index contributed by atoms with van der Waals surface area (Å²) < 4.78 is 5.14. The Hall–Kier alpha value is -2.04. The van der Waals surface area contributed by atoms with Crippen LogP contribution in [-0.2, 0) is 6.54 Å². The first-order chi connectivity index (χ1) is 11.3. The molecule has 0 aliphatic heterocycles. The fourth-order valence-electron chi connectivity index (χ4n) is 2.63. The average molecular weight is 316 g/mol. The molecule has 0 amide bonds. The zero-order valence-electron chi connectivity index (χ0n) is 14.3. The molecule has 0 atom stereocenters. The van der Waals surface area contributed by atoms with Gasteiger partial charge in [0, 0.05) is 19.2 Å². The lowest BCUT2D eigenvalue weighted by Gasteiger charge is -2.15. The van der Waals surface area contributed by atoms with E-state index in [-0.39, 0.29) is 0 Å². The maximum Gasteiger partial charge on any atom is 0.213 e. The third-order valence-electron chi connectivity index (χ3n) is 3.86. The van der Waals surface area contributed by atoms with Crippen LogP contribution in [0.1, 0.15) is 44.7 Å². The zero-order chi connectivity index (χ0) is 16.3. The first-order valence-corrected chi connectivity index (χ1v) is 8.52. The van der Waals surface area contributed by atoms with Crippen molar-refractivity contribution < 1.29 is 4.74 Å². The first-order valence-electron chi connectivity index (χ1n) is 8.52. The van der Waals surface area contributed by atoms with Crippen LogP contribution in [0.2, 0.25) is 0 Å². The Bertz CT molecular complexity index is 540. The molecule has 2 N–H and O–H groups in total. The second kappa shape index (κ2) is 9.87. The van der Waals surface area contributed by atoms with Crippen molar-refractivity contribution in [3.05, 3.63) is 35.5 Å². The molecular formula is C18H28N4O. The SMILES string of the molecule is CCNC(=NCc1cccc(OC)n1)NCCC1=CCCCC1. The predicted octanol–water partition coefficient (Wildman–Crippen LogP) is 3.04. The van der Waals surface area contributed by atoms with Gasteiger partial charge in [-0.3, -0.25) is 0 Å². The van der Waals surface area contributed by atoms with Gasteiger partial charge in [-0.25, -0.2) is 9.98 Å². The Kier molecular flexibility index (Phi) is 7.43. The summed E-state index contributed by atoms with van der Waals surface area (Å²) in [6.07, 6.45) is 8.67. The Balaban J connectivity index is 1.84. The third kappa shape index (κ3) is 6.30. The van der Waals surface area contributed by atoms with E-state index in [9.17, 15) is 0 Å². The van der Waals surface area contributed by atoms with Gasteiger partial charge in [0.2, 0.25) is 5.88 Å². The lowest BCUT2D eigenvalue weighted by Crippen LogP contribution is -2.37. The highest BCUT2D eigenvalue weighted by Crippen LogP contribution is 2.19. The second-order valence-electron chi connectivity index (χ2n) is 5.65. The molecule has 5 nitrogen and oxygen atoms in total. The van der Waals surface area contributed by atoms with Crippen molar-refractivity contribution in [2.75, 3.05) is 20.2 Å². The van der Waals surface area contributed by atoms with Crippen molar-refractivity contribution in [1.29, 1.82) is 0 Å². The van der Waals surface area contributed by atoms with E-state index in [1.807, 2.05) is 18.2 Å². The van der Waals surface area contributed by atoms with Gasteiger partial charge in [-0.15, -0.1) is 0 Å². The number of nitrogens with zero attached hydrogens (tertiary/aromatic N) is 2. The molecule has 1 aromatic heterocycles. The molecule has 0 radical (unpaired) electrons. The average Bonchev–Trinajstić information content (AvgIpc) is 2.61. The monoisotopic (exact) mass is 316 g/mol. The molecule has 0 saturated heterocycles. The van der Waals surface area contributed by atoms with Crippen LogP contribution < -0.4 is 15.4 Å². The van der Waals surface area contributed by atoms with Gasteiger partial charge in [0.25, 0.3) is 0 Å². The van der Waals surface area contributed by atoms with Crippen LogP contribution in [0.5, 0.6) is 5.88 Å². The van der Waals surface area contributed by atoms with Gasteiger partial charge in [0.15, 0.2) is 5.96 Å². The Morgan fingerprint density at radius 3 is 2.96 bits per heavy atom. The number of ether oxygens (including phenoxy) is 1. The van der Waals surface area contributed by atoms with Crippen LogP contribution in [0.4, 0.5) is 0 Å². The minimum atomic E-state index is 0.537. The molecule has 1 aliphatic carbocycles. The largest absolute Gasteiger partial charge is 0.481 e. The lowest BCUT2D eigenvalue weighted by molar-refractivity contribution is 0.396. The molecule has 126 valence electrons. The summed E-state index contributed by atoms with van der Waals surface area (Å²) in [5, 5.41) is 6.69. The summed E-state index contributed by atoms with van der Waals surface area (Å²) in [5.41, 5.74) is 2.48. The van der Waals surface area contributed by atoms with E-state index in [1.165, 1.54) is 25.7 Å². The van der Waals surface area contributed by atoms with Crippen LogP contribution in [-0.4, -0.2) is 31.1 Å². The predicted molar refractivity (Wildman–Crippen MR) is 94.8 cm³/mol. The molecule has 1 heterocycles. The molecule has 0 fully saturated rings. The first kappa shape index (κ1) is 17.3. The standard InChI is InChI=1S/C18H28N4O/c1-3-19-18(20-13-12-15-8-5-4-6-9-15)21-14-16-10-7-11-17(22-16)23-2/h7-8,10-11H,3-6,9,12-14H2,1-2H3,(H2,19,20,21). The van der Waals surface area contributed by atoms with Gasteiger partial charge in [0.05, 0.1) is 19.3 Å². The van der Waals surface area contributed by atoms with Crippen molar-refractivity contribution in [3.8, 4) is 5.88 Å². The van der Waals surface area contributed by atoms with Crippen molar-refractivity contribution in [2.24, 2.45) is 4.99 Å². The van der Waals surface area contributed by atoms with E-state index in [2.05, 4.69) is 33.6 Å². The van der Waals surface area contributed by atoms with Crippen LogP contribution in [0.15, 0.2) is 34.8 Å². The number of nitrogens with one attached hydrogen (secondary N) is 2. The number of hydrogen-bond donors (Lipinski definition) is 2. The highest BCUT2D eigenvalue weighted by atomic mass is 16.5. The zero-order valence-corrected chi connectivity index (χ0v) is 14.3. The number of hydrogen-bond acceptors (Lipinski definition) is 3. The molecule has 0 unspecified atom stereocenters. The number of pyridine rings is 1. The van der Waals surface area contributed by atoms with Gasteiger partial charge in [-0.1, -0.05) is 17.7 Å². The molecule has 2 rings (SSSR count). The fraction of sp³-hybridized carbons (Fsp3) is 0.556. The molecule has 1 aromatic rings. The van der Waals surface area contributed by atoms with E-state index in [1.54, 1.807) is 12.7 Å². The maximum absolute atomic E-state index is 5.14. The Morgan fingerprint density at radius 1 is 1.30 bits per heavy atom. The smallest absolute Gasteiger partial charge is 0.213 e. The molecule has 0 aromatic carbocycles. The van der Waals surface area contributed by atoms with Gasteiger partial charge in [0.1, 0.15) is 0 Å². The van der Waals surface area contributed by atoms with E-state index in [0.29, 0.717) is 12.4 Å². The second-order valence-corrected chi connectivity index (χ2v) is 5.65. The van der Waals surface area contributed by atoms with Crippen molar-refractivity contribution >= 4 is 5.96 Å². The number of methoxy groups -OCH3 is 1. The van der Waals surface area contributed by atoms with E-state index >= 15 is 0 Å². The van der Waals surface area contributed by atoms with Gasteiger partial charge < -0.3 is 15.4 Å². The van der Waals surface area contributed by atoms with Crippen molar-refractivity contribution in [1.82, 2.24) is 15.6 Å². The quantitative estimate of drug-likeness (QED) is 0.461. The minimum absolute atomic E-state index is 0.537. The molecule has 0 spiro atoms. The number of rotatable bonds is 7. The van der Waals surface area contributed by atoms with Gasteiger partial charge in [-0.05, 0) is 45.1 Å². The van der Waals surface area contributed by atoms with Crippen LogP contribution >= 0.6 is 0 Å². The molecule has 1 aliphatic rings. The van der Waals surface area contributed by atoms with Crippen LogP contribution in [0.3, 0.4) is 0 Å². The van der Waals surface area contributed by atoms with Gasteiger partial charge in [-0.2, -0.15) is 0 Å². The molecule has 0 bridgehead atoms. The van der Waals surface area contributed by atoms with E-state index in [4.69, 9.17) is 4.74 Å². The summed E-state index contributed by atoms with van der Waals surface area (Å²) >= 11 is 0. The summed E-state index contributed by atoms with van der Waals surface area (Å²) in [6, 6.07) is 5.74. The maximum atomic E-state index is 5.14. The number of aliphatic imine (C=N–C) groups is 1. The lowest BCUT2D eigenvalue weighted by atomic mass is 9.97. The summed E-state index contributed by atoms with van der Waals surface area (Å²) in [6.45, 7) is 4.38. The van der Waals surface area contributed by atoms with Gasteiger partial charge >= 0.3 is 0 Å². The van der Waals surface area contributed by atoms with Crippen LogP contribution in [0, 0.1) is 0 Å². The number of aromatic nitrogens is 1. The summed E-state index contributed by atoms with van der Waals surface area (Å²) in [4.78, 5) is 8.98. The van der Waals surface area contributed by atoms with E-state index < -0.39 is 0 Å². The third-order valence-corrected chi connectivity index (χ3v) is 3.86. The molecule has 23 heavy (non-hydrogen) atoms. The van der Waals surface area contributed by atoms with Crippen LogP contribution in [0.25, 0.3) is 0 Å². The molecular weight excluding hydrogens is 288 g/mol. The Labute approximate surface area is 139 Å². The number of allylic oxidation sites excluding steroid dienone is 1. The highest BCUT2D eigenvalue weighted by Gasteiger charge is 2.04. The minimum Gasteiger partial charge on any atom is -0.481 e. The molecule has 5 heteroatoms. The summed E-state index contributed by atoms with van der Waals surface area (Å²) in [7, 11) is 1.63. The normalized spacial score (nSPS) is 15.0. The van der Waals surface area contributed by atoms with Crippen molar-refractivity contribution in [2.45, 2.75) is 45.6 Å². The molecule has 0 saturated carbocycles. The fourth-order valence-corrected chi connectivity index (χ4v) is 2.63. The Morgan fingerprint density at radius 2 is 2.22 bits per heavy atom. The topological polar surface area (TPSA) is 58.5 Å². The van der Waals surface area contributed by atoms with E-state index in [0.717, 1.165) is 31.2 Å². The number of guanidine groups is 1. The summed E-state index contributed by atoms with van der Waals surface area (Å²) in [5.74, 6) is 1.47.